The topological polar surface area (TPSA) is 121 Å². The largest absolute Gasteiger partial charge is 0.399 e. The maximum absolute atomic E-state index is 12.2. The average molecular weight is 337 g/mol. The standard InChI is InChI=1S/C14H15N3O5S/c15-10-4-1-9(2-5-10)3-6-12(18)16-8-7-11-13(16)14(19)17(11)23(20,21)22/h1-6,11,13H,7-8,15H2,(H,20,21,22)/b6-3+/t11-,13+/m1/s1. The fraction of sp³-hybridized carbons (Fsp3) is 0.286. The molecule has 0 saturated carbocycles. The SMILES string of the molecule is Nc1ccc(/C=C/C(=O)N2CC[C@@H]3[C@H]2C(=O)N3S(=O)(=O)O)cc1. The zero-order valence-electron chi connectivity index (χ0n) is 12.0. The molecule has 2 saturated heterocycles. The number of hydrogen-bond acceptors (Lipinski definition) is 5. The van der Waals surface area contributed by atoms with Gasteiger partial charge in [0.2, 0.25) is 5.91 Å². The maximum atomic E-state index is 12.2. The van der Waals surface area contributed by atoms with E-state index < -0.39 is 28.3 Å². The van der Waals surface area contributed by atoms with Crippen molar-refractivity contribution in [3.8, 4) is 0 Å². The van der Waals surface area contributed by atoms with E-state index in [1.807, 2.05) is 0 Å². The number of anilines is 1. The monoisotopic (exact) mass is 337 g/mol. The third-order valence-electron chi connectivity index (χ3n) is 4.02. The van der Waals surface area contributed by atoms with Crippen LogP contribution in [0.4, 0.5) is 5.69 Å². The molecule has 0 unspecified atom stereocenters. The second kappa shape index (κ2) is 5.36. The van der Waals surface area contributed by atoms with E-state index in [0.717, 1.165) is 5.56 Å². The first kappa shape index (κ1) is 15.5. The second-order valence-electron chi connectivity index (χ2n) is 5.44. The molecular formula is C14H15N3O5S. The highest BCUT2D eigenvalue weighted by Crippen LogP contribution is 2.35. The van der Waals surface area contributed by atoms with Gasteiger partial charge in [0.1, 0.15) is 6.04 Å². The summed E-state index contributed by atoms with van der Waals surface area (Å²) in [6, 6.07) is 5.41. The molecule has 3 N–H and O–H groups in total. The number of nitrogen functional groups attached to an aromatic ring is 1. The minimum absolute atomic E-state index is 0.262. The van der Waals surface area contributed by atoms with E-state index in [0.29, 0.717) is 16.4 Å². The number of carbonyl (C=O) groups is 2. The minimum Gasteiger partial charge on any atom is -0.399 e. The number of rotatable bonds is 3. The predicted octanol–water partition coefficient (Wildman–Crippen LogP) is -0.103. The highest BCUT2D eigenvalue weighted by Gasteiger charge is 2.59. The summed E-state index contributed by atoms with van der Waals surface area (Å²) in [7, 11) is -4.56. The molecule has 0 bridgehead atoms. The highest BCUT2D eigenvalue weighted by atomic mass is 32.2. The molecule has 2 amide bonds. The number of β-lactam (4-membered cyclic amide) rings is 1. The zero-order chi connectivity index (χ0) is 16.8. The number of fused-ring (bicyclic) bond motifs is 1. The Labute approximate surface area is 133 Å². The van der Waals surface area contributed by atoms with Crippen LogP contribution in [0.3, 0.4) is 0 Å². The van der Waals surface area contributed by atoms with Crippen LogP contribution in [0.15, 0.2) is 30.3 Å². The third kappa shape index (κ3) is 2.68. The van der Waals surface area contributed by atoms with Gasteiger partial charge in [-0.25, -0.2) is 4.31 Å². The van der Waals surface area contributed by atoms with E-state index in [-0.39, 0.29) is 12.5 Å². The first-order valence-electron chi connectivity index (χ1n) is 6.94. The van der Waals surface area contributed by atoms with Crippen LogP contribution in [-0.4, -0.2) is 52.6 Å². The average Bonchev–Trinajstić information content (AvgIpc) is 2.83. The number of hydrogen-bond donors (Lipinski definition) is 2. The van der Waals surface area contributed by atoms with Crippen LogP contribution < -0.4 is 5.73 Å². The van der Waals surface area contributed by atoms with Crippen LogP contribution in [0.25, 0.3) is 6.08 Å². The van der Waals surface area contributed by atoms with Gasteiger partial charge in [0, 0.05) is 18.3 Å². The van der Waals surface area contributed by atoms with E-state index in [1.165, 1.54) is 11.0 Å². The summed E-state index contributed by atoms with van der Waals surface area (Å²) < 4.78 is 31.7. The van der Waals surface area contributed by atoms with Gasteiger partial charge < -0.3 is 10.6 Å². The van der Waals surface area contributed by atoms with E-state index >= 15 is 0 Å². The van der Waals surface area contributed by atoms with Crippen LogP contribution in [0, 0.1) is 0 Å². The molecule has 1 aromatic carbocycles. The molecule has 23 heavy (non-hydrogen) atoms. The molecule has 0 spiro atoms. The smallest absolute Gasteiger partial charge is 0.362 e. The molecule has 1 aromatic rings. The van der Waals surface area contributed by atoms with Crippen LogP contribution in [0.2, 0.25) is 0 Å². The summed E-state index contributed by atoms with van der Waals surface area (Å²) in [6.07, 6.45) is 3.24. The fourth-order valence-corrected chi connectivity index (χ4v) is 3.83. The molecule has 2 aliphatic rings. The Hall–Kier alpha value is -2.39. The Balaban J connectivity index is 1.71. The Morgan fingerprint density at radius 1 is 1.30 bits per heavy atom. The normalized spacial score (nSPS) is 24.0. The predicted molar refractivity (Wildman–Crippen MR) is 82.2 cm³/mol. The van der Waals surface area contributed by atoms with Crippen molar-refractivity contribution in [2.45, 2.75) is 18.5 Å². The van der Waals surface area contributed by atoms with Crippen molar-refractivity contribution >= 4 is 33.9 Å². The van der Waals surface area contributed by atoms with Crippen molar-refractivity contribution < 1.29 is 22.6 Å². The van der Waals surface area contributed by atoms with Gasteiger partial charge in [-0.2, -0.15) is 8.42 Å². The van der Waals surface area contributed by atoms with Gasteiger partial charge in [-0.15, -0.1) is 0 Å². The summed E-state index contributed by atoms with van der Waals surface area (Å²) in [5.41, 5.74) is 6.97. The summed E-state index contributed by atoms with van der Waals surface area (Å²) in [6.45, 7) is 0.262. The van der Waals surface area contributed by atoms with Crippen molar-refractivity contribution in [3.05, 3.63) is 35.9 Å². The highest BCUT2D eigenvalue weighted by molar-refractivity contribution is 7.84. The van der Waals surface area contributed by atoms with Gasteiger partial charge in [-0.1, -0.05) is 12.1 Å². The van der Waals surface area contributed by atoms with Crippen molar-refractivity contribution in [2.75, 3.05) is 12.3 Å². The van der Waals surface area contributed by atoms with Gasteiger partial charge in [0.15, 0.2) is 0 Å². The van der Waals surface area contributed by atoms with Gasteiger partial charge in [-0.3, -0.25) is 14.1 Å². The third-order valence-corrected chi connectivity index (χ3v) is 4.97. The molecule has 2 aliphatic heterocycles. The maximum Gasteiger partial charge on any atom is 0.362 e. The Kier molecular flexibility index (Phi) is 3.61. The summed E-state index contributed by atoms with van der Waals surface area (Å²) >= 11 is 0. The van der Waals surface area contributed by atoms with Gasteiger partial charge >= 0.3 is 10.3 Å². The van der Waals surface area contributed by atoms with Gasteiger partial charge in [0.25, 0.3) is 5.91 Å². The van der Waals surface area contributed by atoms with E-state index in [4.69, 9.17) is 10.3 Å². The molecule has 3 rings (SSSR count). The van der Waals surface area contributed by atoms with Crippen LogP contribution >= 0.6 is 0 Å². The molecule has 0 aromatic heterocycles. The summed E-state index contributed by atoms with van der Waals surface area (Å²) in [4.78, 5) is 25.4. The molecule has 122 valence electrons. The van der Waals surface area contributed by atoms with E-state index in [9.17, 15) is 18.0 Å². The zero-order valence-corrected chi connectivity index (χ0v) is 12.8. The van der Waals surface area contributed by atoms with Crippen LogP contribution in [0.5, 0.6) is 0 Å². The molecule has 9 heteroatoms. The van der Waals surface area contributed by atoms with Gasteiger partial charge in [0.05, 0.1) is 6.04 Å². The number of likely N-dealkylation sites (tertiary alicyclic amines) is 1. The lowest BCUT2D eigenvalue weighted by atomic mass is 10.0. The Morgan fingerprint density at radius 2 is 1.96 bits per heavy atom. The number of benzene rings is 1. The minimum atomic E-state index is -4.56. The lowest BCUT2D eigenvalue weighted by molar-refractivity contribution is -0.149. The molecule has 2 fully saturated rings. The lowest BCUT2D eigenvalue weighted by Crippen LogP contribution is -2.68. The van der Waals surface area contributed by atoms with Crippen molar-refractivity contribution in [1.82, 2.24) is 9.21 Å². The van der Waals surface area contributed by atoms with Crippen molar-refractivity contribution in [1.29, 1.82) is 0 Å². The number of carbonyl (C=O) groups excluding carboxylic acids is 2. The van der Waals surface area contributed by atoms with Crippen molar-refractivity contribution in [2.24, 2.45) is 0 Å². The van der Waals surface area contributed by atoms with E-state index in [2.05, 4.69) is 0 Å². The van der Waals surface area contributed by atoms with E-state index in [1.54, 1.807) is 30.3 Å². The van der Waals surface area contributed by atoms with Crippen LogP contribution in [0.1, 0.15) is 12.0 Å². The van der Waals surface area contributed by atoms with Gasteiger partial charge in [-0.05, 0) is 30.2 Å². The number of nitrogens with zero attached hydrogens (tertiary/aromatic N) is 2. The van der Waals surface area contributed by atoms with Crippen LogP contribution in [-0.2, 0) is 19.9 Å². The molecular weight excluding hydrogens is 322 g/mol. The Bertz CT molecular complexity index is 787. The van der Waals surface area contributed by atoms with Crippen molar-refractivity contribution in [3.63, 3.8) is 0 Å². The first-order valence-corrected chi connectivity index (χ1v) is 8.33. The summed E-state index contributed by atoms with van der Waals surface area (Å²) in [5.74, 6) is -1.15. The number of nitrogens with two attached hydrogens (primary N) is 1. The molecule has 8 nitrogen and oxygen atoms in total. The fourth-order valence-electron chi connectivity index (χ4n) is 2.93. The Morgan fingerprint density at radius 3 is 2.57 bits per heavy atom. The lowest BCUT2D eigenvalue weighted by Gasteiger charge is -2.42. The summed E-state index contributed by atoms with van der Waals surface area (Å²) in [5, 5.41) is 0. The molecule has 0 radical (unpaired) electrons. The molecule has 0 aliphatic carbocycles. The molecule has 2 heterocycles. The number of amides is 2. The quantitative estimate of drug-likeness (QED) is 0.344. The molecule has 2 atom stereocenters. The second-order valence-corrected chi connectivity index (χ2v) is 6.73. The first-order chi connectivity index (χ1) is 10.8.